The Balaban J connectivity index is 2.54. The number of benzene rings is 1. The number of allylic oxidation sites excluding steroid dienone is 3. The molecule has 19 heavy (non-hydrogen) atoms. The molecule has 2 rings (SSSR count). The zero-order chi connectivity index (χ0) is 14.2. The maximum absolute atomic E-state index is 13.2. The van der Waals surface area contributed by atoms with Crippen LogP contribution in [0.25, 0.3) is 0 Å². The van der Waals surface area contributed by atoms with Crippen LogP contribution in [0.1, 0.15) is 38.2 Å². The van der Waals surface area contributed by atoms with Crippen molar-refractivity contribution in [3.63, 3.8) is 0 Å². The molecule has 1 aliphatic rings. The highest BCUT2D eigenvalue weighted by Gasteiger charge is 2.30. The average Bonchev–Trinajstić information content (AvgIpc) is 2.27. The second kappa shape index (κ2) is 5.08. The largest absolute Gasteiger partial charge is 0.507 e. The number of rotatable bonds is 2. The first kappa shape index (κ1) is 13.7. The van der Waals surface area contributed by atoms with E-state index in [0.29, 0.717) is 5.56 Å². The van der Waals surface area contributed by atoms with Gasteiger partial charge in [0.1, 0.15) is 17.3 Å². The maximum atomic E-state index is 13.2. The topological polar surface area (TPSA) is 40.5 Å². The zero-order valence-electron chi connectivity index (χ0n) is 11.3. The Kier molecular flexibility index (Phi) is 3.65. The van der Waals surface area contributed by atoms with E-state index in [1.165, 1.54) is 5.57 Å². The second-order valence-electron chi connectivity index (χ2n) is 5.39. The van der Waals surface area contributed by atoms with E-state index >= 15 is 0 Å². The van der Waals surface area contributed by atoms with Gasteiger partial charge >= 0.3 is 0 Å². The van der Waals surface area contributed by atoms with Gasteiger partial charge in [0, 0.05) is 23.6 Å². The molecule has 2 nitrogen and oxygen atoms in total. The molecule has 2 N–H and O–H groups in total. The molecule has 1 aromatic carbocycles. The lowest BCUT2D eigenvalue weighted by Crippen LogP contribution is -2.17. The first-order valence-corrected chi connectivity index (χ1v) is 6.44. The van der Waals surface area contributed by atoms with Gasteiger partial charge in [0.2, 0.25) is 0 Å². The summed E-state index contributed by atoms with van der Waals surface area (Å²) in [6.45, 7) is 7.97. The van der Waals surface area contributed by atoms with Crippen molar-refractivity contribution in [1.82, 2.24) is 0 Å². The molecule has 1 aromatic rings. The third kappa shape index (κ3) is 2.65. The summed E-state index contributed by atoms with van der Waals surface area (Å²) >= 11 is 0. The monoisotopic (exact) mass is 262 g/mol. The van der Waals surface area contributed by atoms with Crippen molar-refractivity contribution in [2.75, 3.05) is 0 Å². The van der Waals surface area contributed by atoms with Crippen LogP contribution in [0.15, 0.2) is 35.9 Å². The molecule has 2 atom stereocenters. The highest BCUT2D eigenvalue weighted by molar-refractivity contribution is 5.49. The standard InChI is InChI=1S/C16H19FO2/c1-9(2)12-5-4-10(3)6-13(12)16-14(18)7-11(17)8-15(16)19/h6-8,12-13,18-19H,1,4-5H2,2-3H3/t12-,13-/m0/s1. The summed E-state index contributed by atoms with van der Waals surface area (Å²) < 4.78 is 13.2. The first-order valence-electron chi connectivity index (χ1n) is 6.44. The van der Waals surface area contributed by atoms with E-state index in [9.17, 15) is 14.6 Å². The van der Waals surface area contributed by atoms with Gasteiger partial charge in [-0.15, -0.1) is 0 Å². The van der Waals surface area contributed by atoms with Crippen molar-refractivity contribution >= 4 is 0 Å². The molecule has 102 valence electrons. The number of aromatic hydroxyl groups is 2. The van der Waals surface area contributed by atoms with Crippen LogP contribution >= 0.6 is 0 Å². The van der Waals surface area contributed by atoms with E-state index in [2.05, 4.69) is 6.58 Å². The van der Waals surface area contributed by atoms with Crippen LogP contribution in [0.4, 0.5) is 4.39 Å². The van der Waals surface area contributed by atoms with E-state index < -0.39 is 5.82 Å². The Labute approximate surface area is 112 Å². The lowest BCUT2D eigenvalue weighted by molar-refractivity contribution is 0.401. The summed E-state index contributed by atoms with van der Waals surface area (Å²) in [6, 6.07) is 2.09. The molecule has 0 aromatic heterocycles. The summed E-state index contributed by atoms with van der Waals surface area (Å²) in [5, 5.41) is 19.9. The van der Waals surface area contributed by atoms with Gasteiger partial charge in [-0.3, -0.25) is 0 Å². The van der Waals surface area contributed by atoms with E-state index in [-0.39, 0.29) is 23.3 Å². The summed E-state index contributed by atoms with van der Waals surface area (Å²) in [6.07, 6.45) is 3.95. The Morgan fingerprint density at radius 2 is 1.89 bits per heavy atom. The minimum atomic E-state index is -0.637. The van der Waals surface area contributed by atoms with Crippen molar-refractivity contribution in [3.05, 3.63) is 47.3 Å². The number of hydrogen-bond acceptors (Lipinski definition) is 2. The molecular formula is C16H19FO2. The smallest absolute Gasteiger partial charge is 0.130 e. The normalized spacial score (nSPS) is 23.0. The number of phenols is 2. The fraction of sp³-hybridized carbons (Fsp3) is 0.375. The SMILES string of the molecule is C=C(C)[C@@H]1CCC(C)=C[C@@H]1c1c(O)cc(F)cc1O. The third-order valence-electron chi connectivity index (χ3n) is 3.81. The highest BCUT2D eigenvalue weighted by atomic mass is 19.1. The predicted molar refractivity (Wildman–Crippen MR) is 73.8 cm³/mol. The number of phenolic OH excluding ortho intramolecular Hbond substituents is 2. The van der Waals surface area contributed by atoms with Crippen LogP contribution in [0, 0.1) is 11.7 Å². The lowest BCUT2D eigenvalue weighted by atomic mass is 9.74. The van der Waals surface area contributed by atoms with Crippen LogP contribution < -0.4 is 0 Å². The molecule has 0 radical (unpaired) electrons. The van der Waals surface area contributed by atoms with Crippen LogP contribution in [0.2, 0.25) is 0 Å². The Bertz CT molecular complexity index is 523. The summed E-state index contributed by atoms with van der Waals surface area (Å²) in [5.41, 5.74) is 2.62. The van der Waals surface area contributed by atoms with Gasteiger partial charge in [-0.05, 0) is 32.6 Å². The van der Waals surface area contributed by atoms with E-state index in [1.54, 1.807) is 0 Å². The second-order valence-corrected chi connectivity index (χ2v) is 5.39. The van der Waals surface area contributed by atoms with Crippen molar-refractivity contribution in [1.29, 1.82) is 0 Å². The molecule has 0 spiro atoms. The van der Waals surface area contributed by atoms with Gasteiger partial charge in [0.15, 0.2) is 0 Å². The molecule has 0 aliphatic heterocycles. The minimum absolute atomic E-state index is 0.146. The van der Waals surface area contributed by atoms with Gasteiger partial charge in [-0.1, -0.05) is 23.8 Å². The molecule has 1 aliphatic carbocycles. The van der Waals surface area contributed by atoms with Crippen molar-refractivity contribution < 1.29 is 14.6 Å². The predicted octanol–water partition coefficient (Wildman–Crippen LogP) is 4.25. The Morgan fingerprint density at radius 1 is 1.32 bits per heavy atom. The van der Waals surface area contributed by atoms with Crippen LogP contribution in [0.5, 0.6) is 11.5 Å². The van der Waals surface area contributed by atoms with Gasteiger partial charge in [0.25, 0.3) is 0 Å². The quantitative estimate of drug-likeness (QED) is 0.782. The molecule has 0 amide bonds. The maximum Gasteiger partial charge on any atom is 0.130 e. The highest BCUT2D eigenvalue weighted by Crippen LogP contribution is 2.46. The molecule has 3 heteroatoms. The van der Waals surface area contributed by atoms with Crippen LogP contribution in [-0.4, -0.2) is 10.2 Å². The number of halogens is 1. The Morgan fingerprint density at radius 3 is 2.42 bits per heavy atom. The number of hydrogen-bond donors (Lipinski definition) is 2. The summed E-state index contributed by atoms with van der Waals surface area (Å²) in [7, 11) is 0. The molecular weight excluding hydrogens is 243 g/mol. The van der Waals surface area contributed by atoms with Gasteiger partial charge < -0.3 is 10.2 Å². The van der Waals surface area contributed by atoms with Gasteiger partial charge in [0.05, 0.1) is 0 Å². The molecule has 0 fully saturated rings. The van der Waals surface area contributed by atoms with Crippen LogP contribution in [-0.2, 0) is 0 Å². The van der Waals surface area contributed by atoms with E-state index in [1.807, 2.05) is 19.9 Å². The van der Waals surface area contributed by atoms with E-state index in [0.717, 1.165) is 30.5 Å². The molecule has 0 saturated heterocycles. The van der Waals surface area contributed by atoms with Gasteiger partial charge in [-0.2, -0.15) is 0 Å². The Hall–Kier alpha value is -1.77. The van der Waals surface area contributed by atoms with E-state index in [4.69, 9.17) is 0 Å². The van der Waals surface area contributed by atoms with Crippen molar-refractivity contribution in [2.45, 2.75) is 32.6 Å². The lowest BCUT2D eigenvalue weighted by Gasteiger charge is -2.31. The molecule has 0 heterocycles. The summed E-state index contributed by atoms with van der Waals surface area (Å²) in [5.74, 6) is -1.01. The van der Waals surface area contributed by atoms with Crippen molar-refractivity contribution in [2.24, 2.45) is 5.92 Å². The fourth-order valence-electron chi connectivity index (χ4n) is 2.84. The molecule has 0 unspecified atom stereocenters. The average molecular weight is 262 g/mol. The minimum Gasteiger partial charge on any atom is -0.507 e. The molecule has 0 saturated carbocycles. The van der Waals surface area contributed by atoms with Gasteiger partial charge in [-0.25, -0.2) is 4.39 Å². The zero-order valence-corrected chi connectivity index (χ0v) is 11.3. The fourth-order valence-corrected chi connectivity index (χ4v) is 2.84. The van der Waals surface area contributed by atoms with Crippen LogP contribution in [0.3, 0.4) is 0 Å². The summed E-state index contributed by atoms with van der Waals surface area (Å²) in [4.78, 5) is 0. The third-order valence-corrected chi connectivity index (χ3v) is 3.81. The molecule has 0 bridgehead atoms. The van der Waals surface area contributed by atoms with Crippen molar-refractivity contribution in [3.8, 4) is 11.5 Å². The first-order chi connectivity index (χ1) is 8.90.